The quantitative estimate of drug-likeness (QED) is 0.825. The van der Waals surface area contributed by atoms with Crippen molar-refractivity contribution >= 4 is 5.91 Å². The van der Waals surface area contributed by atoms with Gasteiger partial charge in [0.25, 0.3) is 0 Å². The molecule has 1 saturated heterocycles. The Kier molecular flexibility index (Phi) is 5.15. The molecule has 6 nitrogen and oxygen atoms in total. The number of hydrogen-bond donors (Lipinski definition) is 2. The number of β-amino-alcohol motifs (C(OH)–C–C–N with tert-alkyl or cyclic N) is 1. The first-order valence-electron chi connectivity index (χ1n) is 8.17. The molecule has 3 rings (SSSR count). The van der Waals surface area contributed by atoms with E-state index < -0.39 is 6.10 Å². The van der Waals surface area contributed by atoms with Gasteiger partial charge < -0.3 is 19.8 Å². The smallest absolute Gasteiger partial charge is 0.236 e. The minimum atomic E-state index is -0.633. The molecule has 2 N–H and O–H groups in total. The number of ether oxygens (including phenoxy) is 1. The van der Waals surface area contributed by atoms with Gasteiger partial charge in [-0.15, -0.1) is 0 Å². The predicted molar refractivity (Wildman–Crippen MR) is 85.0 cm³/mol. The summed E-state index contributed by atoms with van der Waals surface area (Å²) in [6.45, 7) is 3.18. The SMILES string of the molecule is O=C(CN1CCOc2ccccc2C1)N1CC[C@H](CO)[C@@H](O)C1. The first kappa shape index (κ1) is 16.2. The van der Waals surface area contributed by atoms with Crippen molar-refractivity contribution in [2.24, 2.45) is 5.92 Å². The maximum absolute atomic E-state index is 12.5. The molecule has 0 bridgehead atoms. The molecule has 1 fully saturated rings. The summed E-state index contributed by atoms with van der Waals surface area (Å²) in [5, 5.41) is 19.2. The maximum Gasteiger partial charge on any atom is 0.236 e. The van der Waals surface area contributed by atoms with Crippen LogP contribution in [0.1, 0.15) is 12.0 Å². The fraction of sp³-hybridized carbons (Fsp3) is 0.588. The van der Waals surface area contributed by atoms with Crippen LogP contribution in [0.2, 0.25) is 0 Å². The van der Waals surface area contributed by atoms with Crippen LogP contribution in [0, 0.1) is 5.92 Å². The highest BCUT2D eigenvalue weighted by Gasteiger charge is 2.30. The van der Waals surface area contributed by atoms with Gasteiger partial charge in [0.15, 0.2) is 0 Å². The molecule has 2 aliphatic rings. The standard InChI is InChI=1S/C17H24N2O4/c20-12-14-5-6-19(10-15(14)21)17(22)11-18-7-8-23-16-4-2-1-3-13(16)9-18/h1-4,14-15,20-21H,5-12H2/t14-,15+/m1/s1. The molecule has 1 aromatic rings. The molecule has 0 saturated carbocycles. The Morgan fingerprint density at radius 3 is 2.91 bits per heavy atom. The van der Waals surface area contributed by atoms with Gasteiger partial charge in [-0.2, -0.15) is 0 Å². The van der Waals surface area contributed by atoms with Gasteiger partial charge in [-0.3, -0.25) is 9.69 Å². The second-order valence-corrected chi connectivity index (χ2v) is 6.31. The summed E-state index contributed by atoms with van der Waals surface area (Å²) >= 11 is 0. The maximum atomic E-state index is 12.5. The second kappa shape index (κ2) is 7.29. The van der Waals surface area contributed by atoms with E-state index >= 15 is 0 Å². The number of amides is 1. The van der Waals surface area contributed by atoms with Crippen molar-refractivity contribution in [2.45, 2.75) is 19.1 Å². The molecule has 0 aromatic heterocycles. The summed E-state index contributed by atoms with van der Waals surface area (Å²) < 4.78 is 5.72. The average molecular weight is 320 g/mol. The molecule has 0 aliphatic carbocycles. The Morgan fingerprint density at radius 2 is 2.13 bits per heavy atom. The van der Waals surface area contributed by atoms with Crippen molar-refractivity contribution in [3.05, 3.63) is 29.8 Å². The van der Waals surface area contributed by atoms with E-state index in [0.29, 0.717) is 45.8 Å². The number of carbonyl (C=O) groups excluding carboxylic acids is 1. The van der Waals surface area contributed by atoms with Crippen LogP contribution in [0.5, 0.6) is 5.75 Å². The van der Waals surface area contributed by atoms with Gasteiger partial charge in [0.05, 0.1) is 12.6 Å². The third kappa shape index (κ3) is 3.83. The van der Waals surface area contributed by atoms with Crippen molar-refractivity contribution in [2.75, 3.05) is 39.4 Å². The van der Waals surface area contributed by atoms with Crippen LogP contribution in [0.15, 0.2) is 24.3 Å². The van der Waals surface area contributed by atoms with Crippen LogP contribution >= 0.6 is 0 Å². The Morgan fingerprint density at radius 1 is 1.30 bits per heavy atom. The molecule has 0 radical (unpaired) electrons. The fourth-order valence-corrected chi connectivity index (χ4v) is 3.23. The molecular weight excluding hydrogens is 296 g/mol. The summed E-state index contributed by atoms with van der Waals surface area (Å²) in [5.41, 5.74) is 1.09. The van der Waals surface area contributed by atoms with Gasteiger partial charge in [0.2, 0.25) is 5.91 Å². The lowest BCUT2D eigenvalue weighted by Gasteiger charge is -2.36. The second-order valence-electron chi connectivity index (χ2n) is 6.31. The van der Waals surface area contributed by atoms with Crippen LogP contribution in [0.3, 0.4) is 0 Å². The summed E-state index contributed by atoms with van der Waals surface area (Å²) in [6, 6.07) is 7.90. The van der Waals surface area contributed by atoms with Crippen molar-refractivity contribution in [3.8, 4) is 5.75 Å². The van der Waals surface area contributed by atoms with Crippen molar-refractivity contribution < 1.29 is 19.7 Å². The third-order valence-electron chi connectivity index (χ3n) is 4.70. The number of aliphatic hydroxyl groups excluding tert-OH is 2. The highest BCUT2D eigenvalue weighted by molar-refractivity contribution is 5.78. The van der Waals surface area contributed by atoms with E-state index in [1.807, 2.05) is 24.3 Å². The minimum absolute atomic E-state index is 0.0244. The Bertz CT molecular complexity index is 551. The number of piperidine rings is 1. The first-order valence-corrected chi connectivity index (χ1v) is 8.17. The fourth-order valence-electron chi connectivity index (χ4n) is 3.23. The molecule has 126 valence electrons. The van der Waals surface area contributed by atoms with E-state index in [-0.39, 0.29) is 18.4 Å². The summed E-state index contributed by atoms with van der Waals surface area (Å²) in [7, 11) is 0. The predicted octanol–water partition coefficient (Wildman–Crippen LogP) is 0.0827. The average Bonchev–Trinajstić information content (AvgIpc) is 2.76. The molecular formula is C17H24N2O4. The number of benzene rings is 1. The van der Waals surface area contributed by atoms with E-state index in [0.717, 1.165) is 11.3 Å². The topological polar surface area (TPSA) is 73.2 Å². The minimum Gasteiger partial charge on any atom is -0.492 e. The van der Waals surface area contributed by atoms with Crippen molar-refractivity contribution in [3.63, 3.8) is 0 Å². The van der Waals surface area contributed by atoms with Gasteiger partial charge in [-0.1, -0.05) is 18.2 Å². The molecule has 2 aliphatic heterocycles. The third-order valence-corrected chi connectivity index (χ3v) is 4.70. The Hall–Kier alpha value is -1.63. The number of fused-ring (bicyclic) bond motifs is 1. The Balaban J connectivity index is 1.58. The first-order chi connectivity index (χ1) is 11.2. The van der Waals surface area contributed by atoms with Gasteiger partial charge in [0, 0.05) is 44.3 Å². The number of hydrogen-bond acceptors (Lipinski definition) is 5. The highest BCUT2D eigenvalue weighted by atomic mass is 16.5. The van der Waals surface area contributed by atoms with E-state index in [4.69, 9.17) is 4.74 Å². The molecule has 1 aromatic carbocycles. The van der Waals surface area contributed by atoms with Crippen LogP contribution in [-0.4, -0.2) is 71.4 Å². The van der Waals surface area contributed by atoms with Crippen LogP contribution < -0.4 is 4.74 Å². The van der Waals surface area contributed by atoms with E-state index in [1.165, 1.54) is 0 Å². The summed E-state index contributed by atoms with van der Waals surface area (Å²) in [5.74, 6) is 0.805. The number of rotatable bonds is 3. The summed E-state index contributed by atoms with van der Waals surface area (Å²) in [6.07, 6.45) is 0.0147. The molecule has 0 unspecified atom stereocenters. The monoisotopic (exact) mass is 320 g/mol. The van der Waals surface area contributed by atoms with E-state index in [9.17, 15) is 15.0 Å². The number of aliphatic hydroxyl groups is 2. The number of carbonyl (C=O) groups is 1. The summed E-state index contributed by atoms with van der Waals surface area (Å²) in [4.78, 5) is 16.3. The zero-order valence-corrected chi connectivity index (χ0v) is 13.2. The van der Waals surface area contributed by atoms with Crippen LogP contribution in [-0.2, 0) is 11.3 Å². The van der Waals surface area contributed by atoms with Crippen molar-refractivity contribution in [1.82, 2.24) is 9.80 Å². The highest BCUT2D eigenvalue weighted by Crippen LogP contribution is 2.23. The lowest BCUT2D eigenvalue weighted by molar-refractivity contribution is -0.137. The lowest BCUT2D eigenvalue weighted by atomic mass is 9.95. The van der Waals surface area contributed by atoms with Crippen LogP contribution in [0.25, 0.3) is 0 Å². The Labute approximate surface area is 136 Å². The van der Waals surface area contributed by atoms with Gasteiger partial charge in [0.1, 0.15) is 12.4 Å². The molecule has 1 amide bonds. The molecule has 6 heteroatoms. The van der Waals surface area contributed by atoms with Gasteiger partial charge in [-0.05, 0) is 12.5 Å². The van der Waals surface area contributed by atoms with Crippen LogP contribution in [0.4, 0.5) is 0 Å². The zero-order valence-electron chi connectivity index (χ0n) is 13.2. The number of likely N-dealkylation sites (tertiary alicyclic amines) is 1. The molecule has 2 heterocycles. The lowest BCUT2D eigenvalue weighted by Crippen LogP contribution is -2.50. The normalized spacial score (nSPS) is 25.4. The zero-order chi connectivity index (χ0) is 16.2. The number of nitrogens with zero attached hydrogens (tertiary/aromatic N) is 2. The molecule has 0 spiro atoms. The largest absolute Gasteiger partial charge is 0.492 e. The van der Waals surface area contributed by atoms with Gasteiger partial charge >= 0.3 is 0 Å². The van der Waals surface area contributed by atoms with E-state index in [2.05, 4.69) is 4.90 Å². The van der Waals surface area contributed by atoms with E-state index in [1.54, 1.807) is 4.90 Å². The molecule has 2 atom stereocenters. The number of para-hydroxylation sites is 1. The van der Waals surface area contributed by atoms with Gasteiger partial charge in [-0.25, -0.2) is 0 Å². The molecule has 23 heavy (non-hydrogen) atoms. The van der Waals surface area contributed by atoms with Crippen molar-refractivity contribution in [1.29, 1.82) is 0 Å².